The van der Waals surface area contributed by atoms with E-state index in [1.807, 2.05) is 6.92 Å². The number of phenolic OH excluding ortho intramolecular Hbond substituents is 1. The topological polar surface area (TPSA) is 101 Å². The molecular formula is C13H12N2O5S. The van der Waals surface area contributed by atoms with Gasteiger partial charge in [-0.25, -0.2) is 0 Å². The molecule has 2 amide bonds. The summed E-state index contributed by atoms with van der Waals surface area (Å²) < 4.78 is 0. The zero-order chi connectivity index (χ0) is 15.6. The van der Waals surface area contributed by atoms with Crippen molar-refractivity contribution in [3.05, 3.63) is 38.8 Å². The van der Waals surface area contributed by atoms with E-state index in [2.05, 4.69) is 0 Å². The van der Waals surface area contributed by atoms with Gasteiger partial charge in [0.2, 0.25) is 0 Å². The molecule has 1 saturated heterocycles. The van der Waals surface area contributed by atoms with Crippen molar-refractivity contribution >= 4 is 34.7 Å². The van der Waals surface area contributed by atoms with E-state index in [1.54, 1.807) is 0 Å². The summed E-state index contributed by atoms with van der Waals surface area (Å²) in [5, 5.41) is 20.0. The van der Waals surface area contributed by atoms with Gasteiger partial charge in [-0.05, 0) is 36.4 Å². The molecule has 0 unspecified atom stereocenters. The fourth-order valence-electron chi connectivity index (χ4n) is 1.88. The van der Waals surface area contributed by atoms with Gasteiger partial charge < -0.3 is 5.11 Å². The third-order valence-electron chi connectivity index (χ3n) is 2.82. The standard InChI is InChI=1S/C13H12N2O5S/c1-2-5-14-12(17)11(21-13(14)18)7-8-6-9(16)3-4-10(8)15(19)20/h3-4,6-7,16H,2,5H2,1H3/b11-7+. The van der Waals surface area contributed by atoms with E-state index in [-0.39, 0.29) is 21.9 Å². The van der Waals surface area contributed by atoms with Gasteiger partial charge in [0.15, 0.2) is 0 Å². The Labute approximate surface area is 124 Å². The average Bonchev–Trinajstić information content (AvgIpc) is 2.67. The van der Waals surface area contributed by atoms with Crippen LogP contribution in [-0.4, -0.2) is 32.6 Å². The van der Waals surface area contributed by atoms with Gasteiger partial charge in [-0.2, -0.15) is 0 Å². The third-order valence-corrected chi connectivity index (χ3v) is 3.72. The lowest BCUT2D eigenvalue weighted by atomic mass is 10.1. The molecule has 0 bridgehead atoms. The van der Waals surface area contributed by atoms with E-state index in [9.17, 15) is 24.8 Å². The Kier molecular flexibility index (Phi) is 4.27. The van der Waals surface area contributed by atoms with Crippen molar-refractivity contribution in [2.24, 2.45) is 0 Å². The number of nitro benzene ring substituents is 1. The highest BCUT2D eigenvalue weighted by atomic mass is 32.2. The maximum atomic E-state index is 12.1. The lowest BCUT2D eigenvalue weighted by Gasteiger charge is -2.09. The maximum Gasteiger partial charge on any atom is 0.293 e. The zero-order valence-electron chi connectivity index (χ0n) is 11.1. The Morgan fingerprint density at radius 2 is 2.14 bits per heavy atom. The predicted molar refractivity (Wildman–Crippen MR) is 77.7 cm³/mol. The molecule has 1 N–H and O–H groups in total. The summed E-state index contributed by atoms with van der Waals surface area (Å²) in [7, 11) is 0. The first-order chi connectivity index (χ1) is 9.93. The summed E-state index contributed by atoms with van der Waals surface area (Å²) in [5.74, 6) is -0.621. The molecule has 1 aliphatic rings. The molecule has 110 valence electrons. The summed E-state index contributed by atoms with van der Waals surface area (Å²) in [6.45, 7) is 2.15. The molecule has 1 fully saturated rings. The van der Waals surface area contributed by atoms with Crippen LogP contribution in [0.3, 0.4) is 0 Å². The summed E-state index contributed by atoms with van der Waals surface area (Å²) in [5.41, 5.74) is -0.155. The van der Waals surface area contributed by atoms with E-state index in [0.717, 1.165) is 22.7 Å². The van der Waals surface area contributed by atoms with E-state index >= 15 is 0 Å². The second kappa shape index (κ2) is 5.96. The van der Waals surface area contributed by atoms with Crippen LogP contribution in [0.4, 0.5) is 10.5 Å². The van der Waals surface area contributed by atoms with Crippen LogP contribution in [0, 0.1) is 10.1 Å². The third kappa shape index (κ3) is 3.05. The van der Waals surface area contributed by atoms with E-state index in [0.29, 0.717) is 13.0 Å². The molecule has 2 rings (SSSR count). The summed E-state index contributed by atoms with van der Waals surface area (Å²) >= 11 is 0.737. The molecule has 1 aromatic carbocycles. The SMILES string of the molecule is CCCN1C(=O)S/C(=C/c2cc(O)ccc2[N+](=O)[O-])C1=O. The number of nitro groups is 1. The van der Waals surface area contributed by atoms with Crippen LogP contribution in [0.5, 0.6) is 5.75 Å². The second-order valence-corrected chi connectivity index (χ2v) is 5.33. The number of nitrogens with zero attached hydrogens (tertiary/aromatic N) is 2. The van der Waals surface area contributed by atoms with Crippen molar-refractivity contribution in [3.63, 3.8) is 0 Å². The van der Waals surface area contributed by atoms with Crippen LogP contribution in [0.15, 0.2) is 23.1 Å². The van der Waals surface area contributed by atoms with Gasteiger partial charge in [0, 0.05) is 12.6 Å². The number of aromatic hydroxyl groups is 1. The first kappa shape index (κ1) is 15.0. The largest absolute Gasteiger partial charge is 0.508 e. The Hall–Kier alpha value is -2.35. The van der Waals surface area contributed by atoms with Crippen molar-refractivity contribution in [1.82, 2.24) is 4.90 Å². The van der Waals surface area contributed by atoms with Gasteiger partial charge in [0.05, 0.1) is 15.4 Å². The molecular weight excluding hydrogens is 296 g/mol. The minimum atomic E-state index is -0.610. The van der Waals surface area contributed by atoms with Crippen molar-refractivity contribution in [3.8, 4) is 5.75 Å². The maximum absolute atomic E-state index is 12.1. The predicted octanol–water partition coefficient (Wildman–Crippen LogP) is 2.75. The van der Waals surface area contributed by atoms with Gasteiger partial charge >= 0.3 is 0 Å². The molecule has 1 aliphatic heterocycles. The van der Waals surface area contributed by atoms with Crippen LogP contribution in [-0.2, 0) is 4.79 Å². The van der Waals surface area contributed by atoms with E-state index in [1.165, 1.54) is 18.2 Å². The molecule has 0 aliphatic carbocycles. The number of imide groups is 1. The Balaban J connectivity index is 2.41. The molecule has 0 radical (unpaired) electrons. The molecule has 7 nitrogen and oxygen atoms in total. The smallest absolute Gasteiger partial charge is 0.293 e. The van der Waals surface area contributed by atoms with Gasteiger partial charge in [-0.15, -0.1) is 0 Å². The monoisotopic (exact) mass is 308 g/mol. The lowest BCUT2D eigenvalue weighted by molar-refractivity contribution is -0.385. The normalized spacial score (nSPS) is 16.8. The van der Waals surface area contributed by atoms with Crippen LogP contribution in [0.2, 0.25) is 0 Å². The van der Waals surface area contributed by atoms with Gasteiger partial charge in [0.25, 0.3) is 16.8 Å². The quantitative estimate of drug-likeness (QED) is 0.521. The Morgan fingerprint density at radius 3 is 2.76 bits per heavy atom. The summed E-state index contributed by atoms with van der Waals surface area (Å²) in [6, 6.07) is 3.53. The molecule has 1 aromatic rings. The minimum Gasteiger partial charge on any atom is -0.508 e. The molecule has 0 saturated carbocycles. The average molecular weight is 308 g/mol. The van der Waals surface area contributed by atoms with Gasteiger partial charge in [-0.3, -0.25) is 24.6 Å². The molecule has 8 heteroatoms. The number of thioether (sulfide) groups is 1. The number of rotatable bonds is 4. The molecule has 21 heavy (non-hydrogen) atoms. The number of hydrogen-bond donors (Lipinski definition) is 1. The highest BCUT2D eigenvalue weighted by molar-refractivity contribution is 8.18. The Morgan fingerprint density at radius 1 is 1.43 bits per heavy atom. The van der Waals surface area contributed by atoms with Crippen molar-refractivity contribution in [1.29, 1.82) is 0 Å². The van der Waals surface area contributed by atoms with Crippen LogP contribution in [0.1, 0.15) is 18.9 Å². The number of carbonyl (C=O) groups is 2. The number of hydrogen-bond acceptors (Lipinski definition) is 6. The van der Waals surface area contributed by atoms with Crippen LogP contribution < -0.4 is 0 Å². The highest BCUT2D eigenvalue weighted by Gasteiger charge is 2.34. The molecule has 0 aromatic heterocycles. The fourth-order valence-corrected chi connectivity index (χ4v) is 2.74. The number of amides is 2. The van der Waals surface area contributed by atoms with E-state index < -0.39 is 16.1 Å². The zero-order valence-corrected chi connectivity index (χ0v) is 11.9. The lowest BCUT2D eigenvalue weighted by Crippen LogP contribution is -2.28. The van der Waals surface area contributed by atoms with Crippen molar-refractivity contribution in [2.45, 2.75) is 13.3 Å². The van der Waals surface area contributed by atoms with Crippen LogP contribution >= 0.6 is 11.8 Å². The van der Waals surface area contributed by atoms with Crippen LogP contribution in [0.25, 0.3) is 6.08 Å². The second-order valence-electron chi connectivity index (χ2n) is 4.33. The summed E-state index contributed by atoms with van der Waals surface area (Å²) in [4.78, 5) is 35.3. The molecule has 1 heterocycles. The number of benzene rings is 1. The van der Waals surface area contributed by atoms with Crippen molar-refractivity contribution in [2.75, 3.05) is 6.54 Å². The fraction of sp³-hybridized carbons (Fsp3) is 0.231. The molecule has 0 spiro atoms. The minimum absolute atomic E-state index is 0.0852. The first-order valence-corrected chi connectivity index (χ1v) is 6.98. The first-order valence-electron chi connectivity index (χ1n) is 6.16. The number of phenols is 1. The molecule has 0 atom stereocenters. The van der Waals surface area contributed by atoms with Gasteiger partial charge in [0.1, 0.15) is 5.75 Å². The van der Waals surface area contributed by atoms with Gasteiger partial charge in [-0.1, -0.05) is 6.92 Å². The van der Waals surface area contributed by atoms with E-state index in [4.69, 9.17) is 0 Å². The highest BCUT2D eigenvalue weighted by Crippen LogP contribution is 2.34. The Bertz CT molecular complexity index is 656. The summed E-state index contributed by atoms with van der Waals surface area (Å²) in [6.07, 6.45) is 1.90. The number of carbonyl (C=O) groups excluding carboxylic acids is 2. The van der Waals surface area contributed by atoms with Crippen molar-refractivity contribution < 1.29 is 19.6 Å².